The summed E-state index contributed by atoms with van der Waals surface area (Å²) in [5.74, 6) is 1.54. The van der Waals surface area contributed by atoms with Crippen molar-refractivity contribution in [2.24, 2.45) is 0 Å². The van der Waals surface area contributed by atoms with Gasteiger partial charge in [-0.2, -0.15) is 0 Å². The fraction of sp³-hybridized carbons (Fsp3) is 0.410. The summed E-state index contributed by atoms with van der Waals surface area (Å²) in [6, 6.07) is 16.4. The fourth-order valence-corrected chi connectivity index (χ4v) is 6.77. The normalized spacial score (nSPS) is 18.2. The van der Waals surface area contributed by atoms with Crippen molar-refractivity contribution < 1.29 is 19.1 Å². The minimum atomic E-state index is -0.546. The third-order valence-corrected chi connectivity index (χ3v) is 9.11. The molecule has 5 heterocycles. The van der Waals surface area contributed by atoms with Gasteiger partial charge in [0, 0.05) is 35.8 Å². The van der Waals surface area contributed by atoms with Crippen molar-refractivity contribution >= 4 is 23.1 Å². The highest BCUT2D eigenvalue weighted by Gasteiger charge is 2.36. The molecule has 0 bridgehead atoms. The smallest absolute Gasteiger partial charge is 0.410 e. The lowest BCUT2D eigenvalue weighted by Crippen LogP contribution is -2.36. The van der Waals surface area contributed by atoms with Gasteiger partial charge in [0.25, 0.3) is 0 Å². The number of aromatic amines is 2. The lowest BCUT2D eigenvalue weighted by atomic mass is 10.0. The molecule has 2 aromatic carbocycles. The standard InChI is InChI=1S/C39H45N7O4/c1-38(2,3)49-36(47)45-17-7-9-32(45)34-41-22-30(43-34)25-13-11-24(12-14-25)28-19-26-15-16-27(20-29(26)40-21-28)31-23-42-35(44-31)33-10-8-18-46(33)37(48)50-39(4,5)6/h11-16,19-23,32-33H,7-10,17-18H2,1-6H3,(H,41,43)(H,42,44)/t32-,33-/m0/s1. The van der Waals surface area contributed by atoms with Gasteiger partial charge in [-0.25, -0.2) is 19.6 Å². The van der Waals surface area contributed by atoms with E-state index in [4.69, 9.17) is 14.5 Å². The number of hydrogen-bond donors (Lipinski definition) is 2. The highest BCUT2D eigenvalue weighted by molar-refractivity contribution is 5.87. The second-order valence-electron chi connectivity index (χ2n) is 15.2. The summed E-state index contributed by atoms with van der Waals surface area (Å²) in [7, 11) is 0. The van der Waals surface area contributed by atoms with Crippen LogP contribution < -0.4 is 0 Å². The van der Waals surface area contributed by atoms with Gasteiger partial charge in [-0.1, -0.05) is 36.4 Å². The summed E-state index contributed by atoms with van der Waals surface area (Å²) in [5, 5.41) is 1.03. The van der Waals surface area contributed by atoms with Gasteiger partial charge < -0.3 is 19.4 Å². The largest absolute Gasteiger partial charge is 0.444 e. The van der Waals surface area contributed by atoms with Crippen molar-refractivity contribution in [3.05, 3.63) is 78.8 Å². The molecule has 2 atom stereocenters. The number of carbonyl (C=O) groups excluding carboxylic acids is 2. The van der Waals surface area contributed by atoms with Crippen molar-refractivity contribution in [2.75, 3.05) is 13.1 Å². The van der Waals surface area contributed by atoms with E-state index in [0.717, 1.165) is 81.9 Å². The molecule has 2 amide bonds. The minimum absolute atomic E-state index is 0.126. The Labute approximate surface area is 292 Å². The number of amides is 2. The Kier molecular flexibility index (Phi) is 8.61. The molecule has 5 aromatic rings. The number of hydrogen-bond acceptors (Lipinski definition) is 7. The van der Waals surface area contributed by atoms with Gasteiger partial charge in [-0.05, 0) is 90.5 Å². The Morgan fingerprint density at radius 3 is 1.68 bits per heavy atom. The van der Waals surface area contributed by atoms with Gasteiger partial charge >= 0.3 is 12.2 Å². The molecule has 2 saturated heterocycles. The first-order valence-corrected chi connectivity index (χ1v) is 17.4. The van der Waals surface area contributed by atoms with Crippen LogP contribution in [0.4, 0.5) is 9.59 Å². The molecule has 0 saturated carbocycles. The van der Waals surface area contributed by atoms with E-state index >= 15 is 0 Å². The summed E-state index contributed by atoms with van der Waals surface area (Å²) in [6.07, 6.45) is 8.46. The molecule has 0 aliphatic carbocycles. The molecule has 2 aliphatic rings. The first-order chi connectivity index (χ1) is 23.8. The Balaban J connectivity index is 1.04. The number of rotatable bonds is 5. The second kappa shape index (κ2) is 12.9. The van der Waals surface area contributed by atoms with Crippen LogP contribution in [-0.2, 0) is 9.47 Å². The van der Waals surface area contributed by atoms with Crippen LogP contribution in [-0.4, -0.2) is 71.2 Å². The average molecular weight is 676 g/mol. The Morgan fingerprint density at radius 1 is 0.640 bits per heavy atom. The predicted molar refractivity (Wildman–Crippen MR) is 192 cm³/mol. The Morgan fingerprint density at radius 2 is 1.14 bits per heavy atom. The third kappa shape index (κ3) is 7.08. The molecule has 3 aromatic heterocycles. The van der Waals surface area contributed by atoms with Crippen LogP contribution in [0.2, 0.25) is 0 Å². The molecule has 2 N–H and O–H groups in total. The van der Waals surface area contributed by atoms with Crippen molar-refractivity contribution in [1.29, 1.82) is 0 Å². The number of carbonyl (C=O) groups is 2. The molecule has 0 spiro atoms. The third-order valence-electron chi connectivity index (χ3n) is 9.11. The number of imidazole rings is 2. The van der Waals surface area contributed by atoms with E-state index in [1.807, 2.05) is 60.1 Å². The summed E-state index contributed by atoms with van der Waals surface area (Å²) in [5.41, 5.74) is 5.65. The number of nitrogens with zero attached hydrogens (tertiary/aromatic N) is 5. The average Bonchev–Trinajstić information content (AvgIpc) is 3.88. The molecule has 0 radical (unpaired) electrons. The van der Waals surface area contributed by atoms with Crippen LogP contribution in [0.15, 0.2) is 67.1 Å². The summed E-state index contributed by atoms with van der Waals surface area (Å²) in [4.78, 5) is 50.2. The van der Waals surface area contributed by atoms with Gasteiger partial charge in [0.1, 0.15) is 22.9 Å². The van der Waals surface area contributed by atoms with Gasteiger partial charge in [-0.3, -0.25) is 14.8 Å². The van der Waals surface area contributed by atoms with Gasteiger partial charge in [-0.15, -0.1) is 0 Å². The van der Waals surface area contributed by atoms with E-state index in [1.165, 1.54) is 0 Å². The van der Waals surface area contributed by atoms with Crippen LogP contribution >= 0.6 is 0 Å². The maximum absolute atomic E-state index is 12.8. The highest BCUT2D eigenvalue weighted by Crippen LogP contribution is 2.35. The first kappa shape index (κ1) is 33.3. The maximum Gasteiger partial charge on any atom is 0.410 e. The van der Waals surface area contributed by atoms with Crippen LogP contribution in [0.25, 0.3) is 44.5 Å². The molecular formula is C39H45N7O4. The first-order valence-electron chi connectivity index (χ1n) is 17.4. The van der Waals surface area contributed by atoms with E-state index < -0.39 is 11.2 Å². The Hall–Kier alpha value is -5.19. The van der Waals surface area contributed by atoms with Gasteiger partial charge in [0.2, 0.25) is 0 Å². The van der Waals surface area contributed by atoms with Gasteiger partial charge in [0.15, 0.2) is 0 Å². The number of H-pyrrole nitrogens is 2. The van der Waals surface area contributed by atoms with Crippen LogP contribution in [0.3, 0.4) is 0 Å². The van der Waals surface area contributed by atoms with E-state index in [1.54, 1.807) is 9.80 Å². The number of likely N-dealkylation sites (tertiary alicyclic amines) is 2. The molecule has 50 heavy (non-hydrogen) atoms. The topological polar surface area (TPSA) is 129 Å². The van der Waals surface area contributed by atoms with E-state index in [9.17, 15) is 9.59 Å². The SMILES string of the molecule is CC(C)(C)OC(=O)N1CCC[C@H]1c1ncc(-c2ccc(-c3cnc4cc(-c5cnc([C@@H]6CCCN6C(=O)OC(C)(C)C)[nH]5)ccc4c3)cc2)[nH]1. The van der Waals surface area contributed by atoms with Crippen molar-refractivity contribution in [3.8, 4) is 33.6 Å². The number of fused-ring (bicyclic) bond motifs is 1. The fourth-order valence-electron chi connectivity index (χ4n) is 6.77. The predicted octanol–water partition coefficient (Wildman–Crippen LogP) is 8.83. The van der Waals surface area contributed by atoms with Crippen LogP contribution in [0, 0.1) is 0 Å². The zero-order valence-corrected chi connectivity index (χ0v) is 29.6. The van der Waals surface area contributed by atoms with E-state index in [0.29, 0.717) is 13.1 Å². The van der Waals surface area contributed by atoms with E-state index in [-0.39, 0.29) is 24.3 Å². The molecule has 2 aliphatic heterocycles. The molecule has 2 fully saturated rings. The highest BCUT2D eigenvalue weighted by atomic mass is 16.6. The van der Waals surface area contributed by atoms with Crippen molar-refractivity contribution in [1.82, 2.24) is 34.7 Å². The van der Waals surface area contributed by atoms with Crippen LogP contribution in [0.5, 0.6) is 0 Å². The quantitative estimate of drug-likeness (QED) is 0.190. The van der Waals surface area contributed by atoms with Crippen molar-refractivity contribution in [2.45, 2.75) is 90.5 Å². The number of nitrogens with one attached hydrogen (secondary N) is 2. The minimum Gasteiger partial charge on any atom is -0.444 e. The lowest BCUT2D eigenvalue weighted by molar-refractivity contribution is 0.0208. The Bertz CT molecular complexity index is 2020. The number of ether oxygens (including phenoxy) is 2. The number of benzene rings is 2. The molecule has 11 heteroatoms. The monoisotopic (exact) mass is 675 g/mol. The lowest BCUT2D eigenvalue weighted by Gasteiger charge is -2.27. The molecule has 260 valence electrons. The molecule has 11 nitrogen and oxygen atoms in total. The summed E-state index contributed by atoms with van der Waals surface area (Å²) < 4.78 is 11.3. The molecule has 7 rings (SSSR count). The van der Waals surface area contributed by atoms with E-state index in [2.05, 4.69) is 68.5 Å². The summed E-state index contributed by atoms with van der Waals surface area (Å²) >= 11 is 0. The number of aromatic nitrogens is 5. The zero-order chi connectivity index (χ0) is 35.2. The summed E-state index contributed by atoms with van der Waals surface area (Å²) in [6.45, 7) is 12.6. The molecule has 0 unspecified atom stereocenters. The maximum atomic E-state index is 12.8. The van der Waals surface area contributed by atoms with Gasteiger partial charge in [0.05, 0.1) is 41.4 Å². The zero-order valence-electron chi connectivity index (χ0n) is 29.6. The second-order valence-corrected chi connectivity index (χ2v) is 15.2. The number of pyridine rings is 1. The van der Waals surface area contributed by atoms with Crippen molar-refractivity contribution in [3.63, 3.8) is 0 Å². The molecular weight excluding hydrogens is 630 g/mol. The van der Waals surface area contributed by atoms with Crippen LogP contribution in [0.1, 0.15) is 91.0 Å².